The molecule has 0 aromatic heterocycles. The summed E-state index contributed by atoms with van der Waals surface area (Å²) >= 11 is 0. The van der Waals surface area contributed by atoms with Gasteiger partial charge in [-0.2, -0.15) is 0 Å². The molecule has 6 nitrogen and oxygen atoms in total. The van der Waals surface area contributed by atoms with Gasteiger partial charge in [-0.3, -0.25) is 0 Å². The van der Waals surface area contributed by atoms with Crippen LogP contribution in [0.25, 0.3) is 0 Å². The maximum atomic E-state index is 9.99. The fourth-order valence-corrected chi connectivity index (χ4v) is 4.00. The van der Waals surface area contributed by atoms with Crippen molar-refractivity contribution in [2.45, 2.75) is 50.5 Å². The van der Waals surface area contributed by atoms with Crippen molar-refractivity contribution < 1.29 is 28.8 Å². The van der Waals surface area contributed by atoms with Crippen LogP contribution in [0.4, 0.5) is 0 Å². The van der Waals surface area contributed by atoms with Crippen LogP contribution in [0, 0.1) is 6.61 Å². The second-order valence-corrected chi connectivity index (χ2v) is 8.14. The lowest BCUT2D eigenvalue weighted by atomic mass is 9.98. The van der Waals surface area contributed by atoms with Gasteiger partial charge in [0.05, 0.1) is 19.8 Å². The van der Waals surface area contributed by atoms with Crippen LogP contribution in [0.15, 0.2) is 91.0 Å². The molecule has 1 fully saturated rings. The van der Waals surface area contributed by atoms with Crippen LogP contribution in [-0.2, 0) is 43.5 Å². The van der Waals surface area contributed by atoms with Gasteiger partial charge in [-0.15, -0.1) is 0 Å². The van der Waals surface area contributed by atoms with Gasteiger partial charge in [0.2, 0.25) is 0 Å². The third-order valence-corrected chi connectivity index (χ3v) is 5.77. The van der Waals surface area contributed by atoms with E-state index in [1.54, 1.807) is 7.11 Å². The van der Waals surface area contributed by atoms with E-state index in [1.165, 1.54) is 0 Å². The largest absolute Gasteiger partial charge is 0.387 e. The highest BCUT2D eigenvalue weighted by molar-refractivity contribution is 5.15. The number of benzene rings is 3. The minimum Gasteiger partial charge on any atom is -0.387 e. The maximum Gasteiger partial charge on any atom is 0.186 e. The molecule has 1 aliphatic rings. The van der Waals surface area contributed by atoms with Gasteiger partial charge in [0.25, 0.3) is 0 Å². The number of methoxy groups -OCH3 is 1. The lowest BCUT2D eigenvalue weighted by Crippen LogP contribution is -2.60. The van der Waals surface area contributed by atoms with Crippen molar-refractivity contribution in [3.63, 3.8) is 0 Å². The molecule has 1 radical (unpaired) electrons. The lowest BCUT2D eigenvalue weighted by molar-refractivity contribution is -0.315. The number of aliphatic hydroxyl groups is 1. The molecule has 4 rings (SSSR count). The number of ether oxygens (including phenoxy) is 5. The molecule has 0 amide bonds. The van der Waals surface area contributed by atoms with Crippen LogP contribution in [0.5, 0.6) is 0 Å². The molecule has 1 N–H and O–H groups in total. The van der Waals surface area contributed by atoms with Crippen molar-refractivity contribution in [3.8, 4) is 0 Å². The number of hydrogen-bond acceptors (Lipinski definition) is 6. The molecule has 1 saturated heterocycles. The summed E-state index contributed by atoms with van der Waals surface area (Å²) < 4.78 is 30.6. The van der Waals surface area contributed by atoms with Gasteiger partial charge in [-0.25, -0.2) is 0 Å². The van der Waals surface area contributed by atoms with Crippen molar-refractivity contribution in [2.75, 3.05) is 7.11 Å². The van der Waals surface area contributed by atoms with Crippen molar-refractivity contribution >= 4 is 0 Å². The van der Waals surface area contributed by atoms with E-state index in [0.29, 0.717) is 19.8 Å². The Morgan fingerprint density at radius 1 is 0.647 bits per heavy atom. The molecule has 0 bridgehead atoms. The van der Waals surface area contributed by atoms with E-state index in [-0.39, 0.29) is 0 Å². The molecule has 1 aliphatic heterocycles. The van der Waals surface area contributed by atoms with E-state index in [0.717, 1.165) is 23.3 Å². The Hall–Kier alpha value is -2.58. The fourth-order valence-electron chi connectivity index (χ4n) is 4.00. The van der Waals surface area contributed by atoms with E-state index in [4.69, 9.17) is 23.7 Å². The van der Waals surface area contributed by atoms with Crippen molar-refractivity contribution in [1.82, 2.24) is 0 Å². The van der Waals surface area contributed by atoms with E-state index >= 15 is 0 Å². The monoisotopic (exact) mass is 463 g/mol. The molecule has 5 atom stereocenters. The van der Waals surface area contributed by atoms with Crippen molar-refractivity contribution in [3.05, 3.63) is 114 Å². The predicted molar refractivity (Wildman–Crippen MR) is 127 cm³/mol. The average Bonchev–Trinajstić information content (AvgIpc) is 2.91. The Morgan fingerprint density at radius 3 is 1.47 bits per heavy atom. The minimum absolute atomic E-state index is 0.341. The Labute approximate surface area is 201 Å². The first-order chi connectivity index (χ1) is 16.8. The maximum absolute atomic E-state index is 9.99. The van der Waals surface area contributed by atoms with E-state index in [9.17, 15) is 5.11 Å². The van der Waals surface area contributed by atoms with Crippen molar-refractivity contribution in [2.24, 2.45) is 0 Å². The first-order valence-electron chi connectivity index (χ1n) is 11.4. The smallest absolute Gasteiger partial charge is 0.186 e. The topological polar surface area (TPSA) is 66.4 Å². The Morgan fingerprint density at radius 2 is 1.06 bits per heavy atom. The normalized spacial score (nSPS) is 24.7. The summed E-state index contributed by atoms with van der Waals surface area (Å²) in [6.45, 7) is 2.05. The molecule has 6 heteroatoms. The summed E-state index contributed by atoms with van der Waals surface area (Å²) in [6.07, 6.45) is -3.23. The molecule has 1 heterocycles. The Balaban J connectivity index is 1.56. The third-order valence-electron chi connectivity index (χ3n) is 5.77. The van der Waals surface area contributed by atoms with Crippen LogP contribution >= 0.6 is 0 Å². The van der Waals surface area contributed by atoms with E-state index in [1.807, 2.05) is 91.0 Å². The summed E-state index contributed by atoms with van der Waals surface area (Å²) in [4.78, 5) is 0. The second kappa shape index (κ2) is 12.8. The van der Waals surface area contributed by atoms with Gasteiger partial charge in [0, 0.05) is 7.11 Å². The summed E-state index contributed by atoms with van der Waals surface area (Å²) in [6, 6.07) is 29.7. The van der Waals surface area contributed by atoms with Crippen LogP contribution in [0.1, 0.15) is 16.7 Å². The van der Waals surface area contributed by atoms with Crippen LogP contribution in [-0.4, -0.2) is 42.9 Å². The molecule has 3 aromatic rings. The summed E-state index contributed by atoms with van der Waals surface area (Å²) in [5, 5.41) is 9.99. The van der Waals surface area contributed by atoms with Gasteiger partial charge in [-0.1, -0.05) is 91.0 Å². The van der Waals surface area contributed by atoms with Gasteiger partial charge >= 0.3 is 0 Å². The quantitative estimate of drug-likeness (QED) is 0.447. The number of hydrogen-bond donors (Lipinski definition) is 1. The zero-order chi connectivity index (χ0) is 23.6. The molecule has 0 saturated carbocycles. The minimum atomic E-state index is -0.744. The summed E-state index contributed by atoms with van der Waals surface area (Å²) in [5.41, 5.74) is 3.06. The summed E-state index contributed by atoms with van der Waals surface area (Å²) in [7, 11) is 1.55. The van der Waals surface area contributed by atoms with Gasteiger partial charge in [-0.05, 0) is 16.7 Å². The number of rotatable bonds is 11. The van der Waals surface area contributed by atoms with Gasteiger partial charge in [0.1, 0.15) is 31.0 Å². The molecule has 34 heavy (non-hydrogen) atoms. The predicted octanol–water partition coefficient (Wildman–Crippen LogP) is 4.65. The zero-order valence-electron chi connectivity index (χ0n) is 19.2. The first-order valence-corrected chi connectivity index (χ1v) is 11.4. The van der Waals surface area contributed by atoms with Crippen LogP contribution in [0.2, 0.25) is 0 Å². The lowest BCUT2D eigenvalue weighted by Gasteiger charge is -2.45. The Bertz CT molecular complexity index is 895. The molecule has 179 valence electrons. The highest BCUT2D eigenvalue weighted by Gasteiger charge is 2.48. The standard InChI is InChI=1S/C28H31O6/c1-30-28-27(33-20-23-15-9-4-10-16-23)26(32-19-22-13-7-3-8-14-22)25(24(17-29)34-28)31-18-21-11-5-2-6-12-21/h2-17,24-29H,18-20H2,1H3/t24-,25-,26+,27-,28+/m1/s1. The second-order valence-electron chi connectivity index (χ2n) is 8.14. The molecular weight excluding hydrogens is 432 g/mol. The molecule has 0 aliphatic carbocycles. The highest BCUT2D eigenvalue weighted by atomic mass is 16.7. The molecule has 0 unspecified atom stereocenters. The number of aliphatic hydroxyl groups excluding tert-OH is 1. The molecule has 0 spiro atoms. The average molecular weight is 464 g/mol. The highest BCUT2D eigenvalue weighted by Crippen LogP contribution is 2.31. The fraction of sp³-hybridized carbons (Fsp3) is 0.321. The van der Waals surface area contributed by atoms with E-state index < -0.39 is 30.7 Å². The summed E-state index contributed by atoms with van der Waals surface area (Å²) in [5.74, 6) is 0. The Kier molecular flexibility index (Phi) is 9.21. The van der Waals surface area contributed by atoms with Gasteiger partial charge in [0.15, 0.2) is 6.29 Å². The zero-order valence-corrected chi connectivity index (χ0v) is 19.2. The van der Waals surface area contributed by atoms with Crippen LogP contribution < -0.4 is 0 Å². The molecule has 3 aromatic carbocycles. The first kappa shape index (κ1) is 24.5. The third kappa shape index (κ3) is 6.51. The molecular formula is C28H31O6. The van der Waals surface area contributed by atoms with Crippen molar-refractivity contribution in [1.29, 1.82) is 0 Å². The SMILES string of the molecule is CO[C@H]1O[C@H]([CH]O)[C@@H](OCc2ccccc2)[C@H](OCc2ccccc2)[C@H]1OCc1ccccc1. The van der Waals surface area contributed by atoms with Crippen LogP contribution in [0.3, 0.4) is 0 Å². The van der Waals surface area contributed by atoms with E-state index in [2.05, 4.69) is 0 Å². The van der Waals surface area contributed by atoms with Gasteiger partial charge < -0.3 is 28.8 Å².